The van der Waals surface area contributed by atoms with Crippen LogP contribution in [0.2, 0.25) is 0 Å². The molecule has 1 aliphatic rings. The van der Waals surface area contributed by atoms with E-state index in [1.54, 1.807) is 0 Å². The molecule has 0 unspecified atom stereocenters. The van der Waals surface area contributed by atoms with Crippen LogP contribution in [0.15, 0.2) is 121 Å². The summed E-state index contributed by atoms with van der Waals surface area (Å²) in [6.07, 6.45) is 2.05. The van der Waals surface area contributed by atoms with E-state index in [2.05, 4.69) is 121 Å². The van der Waals surface area contributed by atoms with Crippen molar-refractivity contribution in [3.8, 4) is 33.4 Å². The predicted octanol–water partition coefficient (Wildman–Crippen LogP) is 8.53. The molecule has 5 aromatic carbocycles. The lowest BCUT2D eigenvalue weighted by molar-refractivity contribution is 0.963. The molecule has 1 heteroatoms. The molecular weight excluding hydrogens is 398 g/mol. The zero-order chi connectivity index (χ0) is 22.0. The van der Waals surface area contributed by atoms with Gasteiger partial charge >= 0.3 is 0 Å². The van der Waals surface area contributed by atoms with Gasteiger partial charge in [0.05, 0.1) is 0 Å². The monoisotopic (exact) mass is 423 g/mol. The molecule has 158 valence electrons. The fourth-order valence-electron chi connectivity index (χ4n) is 4.99. The number of rotatable bonds is 2. The molecule has 0 atom stereocenters. The van der Waals surface area contributed by atoms with Gasteiger partial charge in [-0.2, -0.15) is 0 Å². The summed E-state index contributed by atoms with van der Waals surface area (Å²) in [7, 11) is 0. The summed E-state index contributed by atoms with van der Waals surface area (Å²) in [5, 5.41) is 3.59. The predicted molar refractivity (Wildman–Crippen MR) is 140 cm³/mol. The maximum Gasteiger partial charge on any atom is 0.0390 e. The maximum atomic E-state index is 3.59. The summed E-state index contributed by atoms with van der Waals surface area (Å²) < 4.78 is 0. The van der Waals surface area contributed by atoms with Crippen LogP contribution in [0.4, 0.5) is 11.4 Å². The Morgan fingerprint density at radius 2 is 0.848 bits per heavy atom. The van der Waals surface area contributed by atoms with Crippen molar-refractivity contribution >= 4 is 11.4 Å². The molecule has 1 aliphatic carbocycles. The van der Waals surface area contributed by atoms with Crippen LogP contribution in [-0.2, 0) is 12.8 Å². The van der Waals surface area contributed by atoms with Gasteiger partial charge in [0.15, 0.2) is 0 Å². The molecule has 0 heterocycles. The van der Waals surface area contributed by atoms with Crippen molar-refractivity contribution in [2.24, 2.45) is 0 Å². The van der Waals surface area contributed by atoms with E-state index in [9.17, 15) is 0 Å². The second kappa shape index (κ2) is 8.44. The molecule has 0 bridgehead atoms. The molecule has 0 fully saturated rings. The highest BCUT2D eigenvalue weighted by atomic mass is 14.9. The molecule has 0 amide bonds. The number of benzene rings is 5. The Kier molecular flexibility index (Phi) is 5.01. The molecule has 0 spiro atoms. The highest BCUT2D eigenvalue weighted by Crippen LogP contribution is 2.42. The molecule has 5 aromatic rings. The van der Waals surface area contributed by atoms with Crippen molar-refractivity contribution in [1.29, 1.82) is 0 Å². The van der Waals surface area contributed by atoms with Gasteiger partial charge in [0.2, 0.25) is 0 Å². The normalized spacial score (nSPS) is 12.0. The number of fused-ring (bicyclic) bond motifs is 7. The van der Waals surface area contributed by atoms with Crippen LogP contribution < -0.4 is 5.32 Å². The third-order valence-electron chi connectivity index (χ3n) is 6.58. The lowest BCUT2D eigenvalue weighted by Crippen LogP contribution is -2.01. The standard InChI is InChI=1S/C32H25N/c1-2-12-25(13-3-1)33-26-20-21-31-30-17-9-8-16-29(30)27-14-6-4-10-23(27)18-19-24-11-5-7-15-28(24)32(31)22-26/h1-17,20-22,33H,18-19H2. The second-order valence-corrected chi connectivity index (χ2v) is 8.61. The van der Waals surface area contributed by atoms with Gasteiger partial charge in [0.25, 0.3) is 0 Å². The molecule has 1 nitrogen and oxygen atoms in total. The van der Waals surface area contributed by atoms with Crippen LogP contribution in [-0.4, -0.2) is 0 Å². The zero-order valence-corrected chi connectivity index (χ0v) is 18.5. The molecule has 1 N–H and O–H groups in total. The number of aryl methyl sites for hydroxylation is 2. The first-order valence-electron chi connectivity index (χ1n) is 11.6. The van der Waals surface area contributed by atoms with Crippen LogP contribution in [0.1, 0.15) is 11.1 Å². The van der Waals surface area contributed by atoms with Crippen molar-refractivity contribution in [3.05, 3.63) is 132 Å². The number of nitrogens with one attached hydrogen (secondary N) is 1. The van der Waals surface area contributed by atoms with Crippen molar-refractivity contribution in [2.45, 2.75) is 12.8 Å². The Hall–Kier alpha value is -4.10. The second-order valence-electron chi connectivity index (χ2n) is 8.61. The van der Waals surface area contributed by atoms with Crippen molar-refractivity contribution in [2.75, 3.05) is 5.32 Å². The minimum Gasteiger partial charge on any atom is -0.356 e. The number of hydrogen-bond donors (Lipinski definition) is 1. The molecule has 0 saturated carbocycles. The Morgan fingerprint density at radius 1 is 0.364 bits per heavy atom. The van der Waals surface area contributed by atoms with Crippen molar-refractivity contribution in [3.63, 3.8) is 0 Å². The lowest BCUT2D eigenvalue weighted by atomic mass is 9.83. The third kappa shape index (κ3) is 3.72. The SMILES string of the molecule is c1ccc(Nc2ccc3c(c2)-c2ccccc2CCc2ccccc2-c2ccccc2-3)cc1. The van der Waals surface area contributed by atoms with Gasteiger partial charge in [-0.3, -0.25) is 0 Å². The fourth-order valence-corrected chi connectivity index (χ4v) is 4.99. The fraction of sp³-hybridized carbons (Fsp3) is 0.0625. The lowest BCUT2D eigenvalue weighted by Gasteiger charge is -2.22. The van der Waals surface area contributed by atoms with Crippen LogP contribution in [0.3, 0.4) is 0 Å². The number of para-hydroxylation sites is 1. The van der Waals surface area contributed by atoms with E-state index in [1.807, 2.05) is 6.07 Å². The smallest absolute Gasteiger partial charge is 0.0390 e. The number of anilines is 2. The Balaban J connectivity index is 1.61. The van der Waals surface area contributed by atoms with Crippen LogP contribution in [0.5, 0.6) is 0 Å². The molecule has 0 aromatic heterocycles. The van der Waals surface area contributed by atoms with Gasteiger partial charge in [-0.25, -0.2) is 0 Å². The highest BCUT2D eigenvalue weighted by Gasteiger charge is 2.18. The average molecular weight is 424 g/mol. The average Bonchev–Trinajstić information content (AvgIpc) is 2.88. The van der Waals surface area contributed by atoms with Gasteiger partial charge in [-0.1, -0.05) is 97.1 Å². The minimum absolute atomic E-state index is 1.02. The molecule has 0 radical (unpaired) electrons. The summed E-state index contributed by atoms with van der Waals surface area (Å²) in [6, 6.07) is 43.7. The molecule has 0 saturated heterocycles. The van der Waals surface area contributed by atoms with Crippen LogP contribution in [0.25, 0.3) is 33.4 Å². The Labute approximate surface area is 195 Å². The van der Waals surface area contributed by atoms with E-state index in [0.717, 1.165) is 24.2 Å². The van der Waals surface area contributed by atoms with E-state index < -0.39 is 0 Å². The van der Waals surface area contributed by atoms with Gasteiger partial charge in [0, 0.05) is 11.4 Å². The van der Waals surface area contributed by atoms with Crippen molar-refractivity contribution in [1.82, 2.24) is 0 Å². The molecular formula is C32H25N. The zero-order valence-electron chi connectivity index (χ0n) is 18.5. The first kappa shape index (κ1) is 19.6. The third-order valence-corrected chi connectivity index (χ3v) is 6.58. The van der Waals surface area contributed by atoms with E-state index in [0.29, 0.717) is 0 Å². The van der Waals surface area contributed by atoms with E-state index in [4.69, 9.17) is 0 Å². The molecule has 6 rings (SSSR count). The molecule has 33 heavy (non-hydrogen) atoms. The summed E-state index contributed by atoms with van der Waals surface area (Å²) in [5.74, 6) is 0. The summed E-state index contributed by atoms with van der Waals surface area (Å²) in [6.45, 7) is 0. The first-order valence-corrected chi connectivity index (χ1v) is 11.6. The van der Waals surface area contributed by atoms with Gasteiger partial charge in [0.1, 0.15) is 0 Å². The van der Waals surface area contributed by atoms with Crippen LogP contribution in [0, 0.1) is 0 Å². The largest absolute Gasteiger partial charge is 0.356 e. The quantitative estimate of drug-likeness (QED) is 0.300. The van der Waals surface area contributed by atoms with Crippen molar-refractivity contribution < 1.29 is 0 Å². The summed E-state index contributed by atoms with van der Waals surface area (Å²) in [4.78, 5) is 0. The summed E-state index contributed by atoms with van der Waals surface area (Å²) in [5.41, 5.74) is 12.8. The van der Waals surface area contributed by atoms with E-state index >= 15 is 0 Å². The summed E-state index contributed by atoms with van der Waals surface area (Å²) >= 11 is 0. The topological polar surface area (TPSA) is 12.0 Å². The maximum absolute atomic E-state index is 3.59. The van der Waals surface area contributed by atoms with Gasteiger partial charge in [-0.05, 0) is 81.6 Å². The van der Waals surface area contributed by atoms with Crippen LogP contribution >= 0.6 is 0 Å². The Morgan fingerprint density at radius 3 is 1.52 bits per heavy atom. The number of hydrogen-bond acceptors (Lipinski definition) is 1. The highest BCUT2D eigenvalue weighted by molar-refractivity contribution is 5.94. The van der Waals surface area contributed by atoms with E-state index in [-0.39, 0.29) is 0 Å². The van der Waals surface area contributed by atoms with Gasteiger partial charge < -0.3 is 5.32 Å². The first-order chi connectivity index (χ1) is 16.4. The Bertz CT molecular complexity index is 1430. The minimum atomic E-state index is 1.02. The molecule has 0 aliphatic heterocycles. The van der Waals surface area contributed by atoms with E-state index in [1.165, 1.54) is 44.5 Å². The van der Waals surface area contributed by atoms with Gasteiger partial charge in [-0.15, -0.1) is 0 Å².